The SMILES string of the molecule is CN(C(=O)c1ccc(-c2nc(CCl)cs2)cc1)C1CCC1. The van der Waals surface area contributed by atoms with Crippen LogP contribution < -0.4 is 0 Å². The standard InChI is InChI=1S/C16H17ClN2OS/c1-19(14-3-2-4-14)16(20)12-7-5-11(6-8-12)15-18-13(9-17)10-21-15/h5-8,10,14H,2-4,9H2,1H3. The number of carbonyl (C=O) groups excluding carboxylic acids is 1. The molecule has 0 atom stereocenters. The molecule has 1 aromatic heterocycles. The highest BCUT2D eigenvalue weighted by molar-refractivity contribution is 7.13. The molecule has 2 aromatic rings. The Hall–Kier alpha value is -1.39. The molecule has 1 saturated carbocycles. The first-order valence-electron chi connectivity index (χ1n) is 7.07. The lowest BCUT2D eigenvalue weighted by Crippen LogP contribution is -2.41. The first kappa shape index (κ1) is 14.5. The molecule has 0 unspecified atom stereocenters. The zero-order chi connectivity index (χ0) is 14.8. The molecular weight excluding hydrogens is 304 g/mol. The minimum atomic E-state index is 0.104. The highest BCUT2D eigenvalue weighted by Gasteiger charge is 2.26. The van der Waals surface area contributed by atoms with Gasteiger partial charge in [-0.2, -0.15) is 0 Å². The van der Waals surface area contributed by atoms with Gasteiger partial charge in [0.2, 0.25) is 0 Å². The number of halogens is 1. The van der Waals surface area contributed by atoms with Crippen molar-refractivity contribution in [3.05, 3.63) is 40.9 Å². The van der Waals surface area contributed by atoms with Crippen LogP contribution in [0.4, 0.5) is 0 Å². The molecule has 0 N–H and O–H groups in total. The van der Waals surface area contributed by atoms with Gasteiger partial charge in [0, 0.05) is 29.6 Å². The highest BCUT2D eigenvalue weighted by Crippen LogP contribution is 2.27. The van der Waals surface area contributed by atoms with Crippen LogP contribution in [0, 0.1) is 0 Å². The summed E-state index contributed by atoms with van der Waals surface area (Å²) in [5.74, 6) is 0.533. The number of nitrogens with zero attached hydrogens (tertiary/aromatic N) is 2. The van der Waals surface area contributed by atoms with Gasteiger partial charge in [-0.1, -0.05) is 12.1 Å². The molecule has 1 aliphatic rings. The largest absolute Gasteiger partial charge is 0.339 e. The number of carbonyl (C=O) groups is 1. The lowest BCUT2D eigenvalue weighted by Gasteiger charge is -2.34. The Kier molecular flexibility index (Phi) is 4.27. The molecule has 1 fully saturated rings. The molecule has 1 amide bonds. The number of amides is 1. The number of benzene rings is 1. The predicted molar refractivity (Wildman–Crippen MR) is 86.8 cm³/mol. The molecule has 21 heavy (non-hydrogen) atoms. The maximum absolute atomic E-state index is 12.4. The summed E-state index contributed by atoms with van der Waals surface area (Å²) in [7, 11) is 1.90. The normalized spacial score (nSPS) is 14.8. The number of hydrogen-bond donors (Lipinski definition) is 0. The summed E-state index contributed by atoms with van der Waals surface area (Å²) in [6.45, 7) is 0. The van der Waals surface area contributed by atoms with E-state index in [1.165, 1.54) is 6.42 Å². The maximum Gasteiger partial charge on any atom is 0.253 e. The van der Waals surface area contributed by atoms with Crippen LogP contribution in [-0.2, 0) is 5.88 Å². The molecule has 0 spiro atoms. The van der Waals surface area contributed by atoms with Crippen LogP contribution in [0.1, 0.15) is 35.3 Å². The van der Waals surface area contributed by atoms with E-state index in [-0.39, 0.29) is 5.91 Å². The van der Waals surface area contributed by atoms with E-state index in [1.807, 2.05) is 41.6 Å². The quantitative estimate of drug-likeness (QED) is 0.792. The van der Waals surface area contributed by atoms with E-state index in [2.05, 4.69) is 4.98 Å². The van der Waals surface area contributed by atoms with E-state index in [0.717, 1.165) is 34.7 Å². The highest BCUT2D eigenvalue weighted by atomic mass is 35.5. The van der Waals surface area contributed by atoms with E-state index >= 15 is 0 Å². The maximum atomic E-state index is 12.4. The van der Waals surface area contributed by atoms with Crippen LogP contribution in [0.5, 0.6) is 0 Å². The zero-order valence-corrected chi connectivity index (χ0v) is 13.5. The Bertz CT molecular complexity index is 634. The number of alkyl halides is 1. The second kappa shape index (κ2) is 6.16. The van der Waals surface area contributed by atoms with Crippen molar-refractivity contribution in [2.75, 3.05) is 7.05 Å². The van der Waals surface area contributed by atoms with E-state index in [0.29, 0.717) is 11.9 Å². The van der Waals surface area contributed by atoms with Crippen LogP contribution in [-0.4, -0.2) is 28.9 Å². The molecule has 3 nitrogen and oxygen atoms in total. The molecule has 0 aliphatic heterocycles. The second-order valence-electron chi connectivity index (χ2n) is 5.36. The van der Waals surface area contributed by atoms with Crippen molar-refractivity contribution in [2.45, 2.75) is 31.2 Å². The fraction of sp³-hybridized carbons (Fsp3) is 0.375. The predicted octanol–water partition coefficient (Wildman–Crippen LogP) is 4.17. The van der Waals surface area contributed by atoms with Crippen LogP contribution in [0.15, 0.2) is 29.6 Å². The smallest absolute Gasteiger partial charge is 0.253 e. The van der Waals surface area contributed by atoms with Crippen molar-refractivity contribution in [3.63, 3.8) is 0 Å². The molecule has 110 valence electrons. The average molecular weight is 321 g/mol. The Morgan fingerprint density at radius 1 is 1.38 bits per heavy atom. The van der Waals surface area contributed by atoms with Gasteiger partial charge >= 0.3 is 0 Å². The molecule has 5 heteroatoms. The van der Waals surface area contributed by atoms with Crippen molar-refractivity contribution in [2.24, 2.45) is 0 Å². The number of thiazole rings is 1. The molecule has 3 rings (SSSR count). The number of rotatable bonds is 4. The summed E-state index contributed by atoms with van der Waals surface area (Å²) in [5, 5.41) is 2.91. The molecule has 0 radical (unpaired) electrons. The molecule has 1 aliphatic carbocycles. The summed E-state index contributed by atoms with van der Waals surface area (Å²) >= 11 is 7.35. The Morgan fingerprint density at radius 2 is 2.10 bits per heavy atom. The molecule has 1 aromatic carbocycles. The third-order valence-electron chi connectivity index (χ3n) is 4.01. The Labute approximate surface area is 133 Å². The van der Waals surface area contributed by atoms with Crippen LogP contribution in [0.25, 0.3) is 10.6 Å². The lowest BCUT2D eigenvalue weighted by atomic mass is 9.91. The van der Waals surface area contributed by atoms with Gasteiger partial charge in [-0.15, -0.1) is 22.9 Å². The summed E-state index contributed by atoms with van der Waals surface area (Å²) < 4.78 is 0. The second-order valence-corrected chi connectivity index (χ2v) is 6.48. The van der Waals surface area contributed by atoms with Gasteiger partial charge in [-0.05, 0) is 31.4 Å². The molecule has 0 bridgehead atoms. The minimum Gasteiger partial charge on any atom is -0.339 e. The summed E-state index contributed by atoms with van der Waals surface area (Å²) in [5.41, 5.74) is 2.66. The van der Waals surface area contributed by atoms with E-state index in [4.69, 9.17) is 11.6 Å². The van der Waals surface area contributed by atoms with Crippen molar-refractivity contribution in [1.82, 2.24) is 9.88 Å². The van der Waals surface area contributed by atoms with Gasteiger partial charge < -0.3 is 4.90 Å². The monoisotopic (exact) mass is 320 g/mol. The summed E-state index contributed by atoms with van der Waals surface area (Å²) in [4.78, 5) is 18.7. The first-order chi connectivity index (χ1) is 10.2. The van der Waals surface area contributed by atoms with Crippen molar-refractivity contribution < 1.29 is 4.79 Å². The van der Waals surface area contributed by atoms with E-state index in [9.17, 15) is 4.79 Å². The molecular formula is C16H17ClN2OS. The topological polar surface area (TPSA) is 33.2 Å². The van der Waals surface area contributed by atoms with Gasteiger partial charge in [0.15, 0.2) is 0 Å². The first-order valence-corrected chi connectivity index (χ1v) is 8.48. The fourth-order valence-electron chi connectivity index (χ4n) is 2.40. The van der Waals surface area contributed by atoms with Crippen molar-refractivity contribution in [1.29, 1.82) is 0 Å². The minimum absolute atomic E-state index is 0.104. The molecule has 1 heterocycles. The number of hydrogen-bond acceptors (Lipinski definition) is 3. The van der Waals surface area contributed by atoms with Crippen LogP contribution >= 0.6 is 22.9 Å². The third kappa shape index (κ3) is 2.97. The van der Waals surface area contributed by atoms with Gasteiger partial charge in [0.25, 0.3) is 5.91 Å². The van der Waals surface area contributed by atoms with Gasteiger partial charge in [0.1, 0.15) is 5.01 Å². The zero-order valence-electron chi connectivity index (χ0n) is 11.9. The van der Waals surface area contributed by atoms with Gasteiger partial charge in [-0.25, -0.2) is 4.98 Å². The van der Waals surface area contributed by atoms with Crippen LogP contribution in [0.2, 0.25) is 0 Å². The van der Waals surface area contributed by atoms with E-state index in [1.54, 1.807) is 11.3 Å². The van der Waals surface area contributed by atoms with Gasteiger partial charge in [-0.3, -0.25) is 4.79 Å². The summed E-state index contributed by atoms with van der Waals surface area (Å²) in [6.07, 6.45) is 3.48. The van der Waals surface area contributed by atoms with Crippen molar-refractivity contribution in [3.8, 4) is 10.6 Å². The summed E-state index contributed by atoms with van der Waals surface area (Å²) in [6, 6.07) is 8.10. The van der Waals surface area contributed by atoms with Crippen molar-refractivity contribution >= 4 is 28.8 Å². The number of aromatic nitrogens is 1. The van der Waals surface area contributed by atoms with Crippen LogP contribution in [0.3, 0.4) is 0 Å². The van der Waals surface area contributed by atoms with E-state index < -0.39 is 0 Å². The molecule has 0 saturated heterocycles. The fourth-order valence-corrected chi connectivity index (χ4v) is 3.45. The third-order valence-corrected chi connectivity index (χ3v) is 5.22. The average Bonchev–Trinajstić information content (AvgIpc) is 2.93. The Balaban J connectivity index is 1.75. The van der Waals surface area contributed by atoms with Gasteiger partial charge in [0.05, 0.1) is 11.6 Å². The lowest BCUT2D eigenvalue weighted by molar-refractivity contribution is 0.0652. The Morgan fingerprint density at radius 3 is 2.62 bits per heavy atom.